The zero-order chi connectivity index (χ0) is 17.5. The van der Waals surface area contributed by atoms with Crippen molar-refractivity contribution in [2.45, 2.75) is 12.5 Å². The van der Waals surface area contributed by atoms with Crippen LogP contribution in [0.25, 0.3) is 0 Å². The van der Waals surface area contributed by atoms with Crippen LogP contribution < -0.4 is 18.9 Å². The molecule has 6 heteroatoms. The average molecular weight is 345 g/mol. The summed E-state index contributed by atoms with van der Waals surface area (Å²) in [5.74, 6) is 2.92. The lowest BCUT2D eigenvalue weighted by molar-refractivity contribution is 0.219. The third-order valence-electron chi connectivity index (χ3n) is 3.83. The van der Waals surface area contributed by atoms with Crippen molar-refractivity contribution in [3.05, 3.63) is 47.5 Å². The van der Waals surface area contributed by atoms with Crippen LogP contribution in [0.2, 0.25) is 0 Å². The van der Waals surface area contributed by atoms with Gasteiger partial charge in [-0.05, 0) is 23.8 Å². The van der Waals surface area contributed by atoms with Crippen LogP contribution in [0.1, 0.15) is 17.2 Å². The third-order valence-corrected chi connectivity index (χ3v) is 4.11. The Hall–Kier alpha value is -2.18. The molecule has 5 nitrogen and oxygen atoms in total. The molecule has 1 unspecified atom stereocenters. The molecule has 0 saturated heterocycles. The van der Waals surface area contributed by atoms with Gasteiger partial charge in [0.1, 0.15) is 23.0 Å². The Morgan fingerprint density at radius 3 is 1.92 bits per heavy atom. The molecule has 2 aromatic rings. The molecule has 24 heavy (non-hydrogen) atoms. The lowest BCUT2D eigenvalue weighted by Crippen LogP contribution is -2.09. The van der Waals surface area contributed by atoms with E-state index in [1.54, 1.807) is 28.4 Å². The summed E-state index contributed by atoms with van der Waals surface area (Å²) >= 11 is 0. The van der Waals surface area contributed by atoms with E-state index < -0.39 is 0 Å². The molecule has 2 aromatic carbocycles. The summed E-state index contributed by atoms with van der Waals surface area (Å²) in [6.07, 6.45) is 0.337. The van der Waals surface area contributed by atoms with Crippen LogP contribution in [-0.2, 0) is 10.8 Å². The first-order chi connectivity index (χ1) is 11.7. The highest BCUT2D eigenvalue weighted by atomic mass is 28.2. The van der Waals surface area contributed by atoms with Gasteiger partial charge in [0.25, 0.3) is 0 Å². The van der Waals surface area contributed by atoms with Gasteiger partial charge in [-0.25, -0.2) is 0 Å². The topological polar surface area (TPSA) is 46.2 Å². The third kappa shape index (κ3) is 4.01. The smallest absolute Gasteiger partial charge is 0.247 e. The second-order valence-corrected chi connectivity index (χ2v) is 5.33. The zero-order valence-electron chi connectivity index (χ0n) is 14.3. The minimum absolute atomic E-state index is 0.259. The summed E-state index contributed by atoms with van der Waals surface area (Å²) in [6.45, 7) is 0. The molecule has 0 N–H and O–H groups in total. The maximum Gasteiger partial charge on any atom is 0.247 e. The molecule has 2 rings (SSSR count). The Kier molecular flexibility index (Phi) is 6.51. The summed E-state index contributed by atoms with van der Waals surface area (Å²) in [6, 6.07) is 11.4. The van der Waals surface area contributed by atoms with Crippen molar-refractivity contribution in [2.75, 3.05) is 28.4 Å². The van der Waals surface area contributed by atoms with E-state index >= 15 is 0 Å². The number of ether oxygens (including phenoxy) is 4. The Morgan fingerprint density at radius 2 is 1.38 bits per heavy atom. The quantitative estimate of drug-likeness (QED) is 0.688. The first kappa shape index (κ1) is 18.2. The van der Waals surface area contributed by atoms with E-state index in [4.69, 9.17) is 23.4 Å². The Bertz CT molecular complexity index is 674. The molecule has 0 aliphatic rings. The van der Waals surface area contributed by atoms with E-state index in [0.717, 1.165) is 28.4 Å². The molecule has 3 radical (unpaired) electrons. The predicted molar refractivity (Wildman–Crippen MR) is 92.4 cm³/mol. The van der Waals surface area contributed by atoms with Gasteiger partial charge in [-0.2, -0.15) is 0 Å². The fraction of sp³-hybridized carbons (Fsp3) is 0.333. The molecule has 0 aromatic heterocycles. The van der Waals surface area contributed by atoms with Crippen molar-refractivity contribution < 1.29 is 23.4 Å². The largest absolute Gasteiger partial charge is 0.497 e. The van der Waals surface area contributed by atoms with Crippen molar-refractivity contribution in [3.8, 4) is 23.0 Å². The van der Waals surface area contributed by atoms with Gasteiger partial charge in [0.2, 0.25) is 10.5 Å². The molecular weight excluding hydrogens is 324 g/mol. The Morgan fingerprint density at radius 1 is 0.792 bits per heavy atom. The minimum Gasteiger partial charge on any atom is -0.497 e. The van der Waals surface area contributed by atoms with Crippen molar-refractivity contribution in [1.29, 1.82) is 0 Å². The van der Waals surface area contributed by atoms with E-state index in [9.17, 15) is 0 Å². The predicted octanol–water partition coefficient (Wildman–Crippen LogP) is 3.10. The van der Waals surface area contributed by atoms with Gasteiger partial charge in [0.05, 0.1) is 34.5 Å². The van der Waals surface area contributed by atoms with E-state index in [1.807, 2.05) is 36.4 Å². The molecule has 0 bridgehead atoms. The first-order valence-electron chi connectivity index (χ1n) is 7.42. The van der Waals surface area contributed by atoms with Crippen LogP contribution in [-0.4, -0.2) is 38.9 Å². The van der Waals surface area contributed by atoms with Crippen molar-refractivity contribution >= 4 is 10.5 Å². The zero-order valence-corrected chi connectivity index (χ0v) is 15.3. The molecule has 0 spiro atoms. The molecule has 0 fully saturated rings. The molecule has 1 atom stereocenters. The average Bonchev–Trinajstić information content (AvgIpc) is 2.65. The highest BCUT2D eigenvalue weighted by Gasteiger charge is 2.19. The van der Waals surface area contributed by atoms with E-state index in [0.29, 0.717) is 12.2 Å². The maximum absolute atomic E-state index is 5.51. The van der Waals surface area contributed by atoms with Gasteiger partial charge in [0, 0.05) is 24.1 Å². The number of hydrogen-bond donors (Lipinski definition) is 0. The van der Waals surface area contributed by atoms with Crippen LogP contribution in [0.5, 0.6) is 23.0 Å². The van der Waals surface area contributed by atoms with E-state index in [1.165, 1.54) is 0 Å². The fourth-order valence-electron chi connectivity index (χ4n) is 2.52. The van der Waals surface area contributed by atoms with Gasteiger partial charge in [-0.15, -0.1) is 0 Å². The lowest BCUT2D eigenvalue weighted by Gasteiger charge is -2.21. The number of hydrogen-bond acceptors (Lipinski definition) is 5. The standard InChI is InChI=1S/C18H21O5Si/c1-19-13-6-5-12(16(10-13)21-3)9-18(23-24)15-8-7-14(20-2)11-17(15)22-4/h5-8,10-11,18H,9H2,1-4H3. The van der Waals surface area contributed by atoms with Gasteiger partial charge < -0.3 is 23.4 Å². The Labute approximate surface area is 146 Å². The van der Waals surface area contributed by atoms with Crippen LogP contribution in [0, 0.1) is 0 Å². The molecule has 0 saturated carbocycles. The van der Waals surface area contributed by atoms with Gasteiger partial charge in [-0.3, -0.25) is 0 Å². The van der Waals surface area contributed by atoms with Crippen molar-refractivity contribution in [1.82, 2.24) is 0 Å². The van der Waals surface area contributed by atoms with Gasteiger partial charge in [0.15, 0.2) is 0 Å². The summed E-state index contributed by atoms with van der Waals surface area (Å²) in [5.41, 5.74) is 1.91. The molecule has 0 aliphatic carbocycles. The van der Waals surface area contributed by atoms with E-state index in [2.05, 4.69) is 10.5 Å². The highest BCUT2D eigenvalue weighted by Crippen LogP contribution is 2.35. The highest BCUT2D eigenvalue weighted by molar-refractivity contribution is 5.98. The SMILES string of the molecule is COc1ccc(CC(O[Si])c2ccc(OC)cc2OC)c(OC)c1. The van der Waals surface area contributed by atoms with E-state index in [-0.39, 0.29) is 6.10 Å². The number of rotatable bonds is 8. The molecular formula is C18H21O5Si. The maximum atomic E-state index is 5.51. The van der Waals surface area contributed by atoms with Crippen LogP contribution in [0.4, 0.5) is 0 Å². The molecule has 0 amide bonds. The number of methoxy groups -OCH3 is 4. The second kappa shape index (κ2) is 8.61. The van der Waals surface area contributed by atoms with Crippen LogP contribution in [0.15, 0.2) is 36.4 Å². The summed E-state index contributed by atoms with van der Waals surface area (Å²) in [4.78, 5) is 0. The lowest BCUT2D eigenvalue weighted by atomic mass is 9.99. The van der Waals surface area contributed by atoms with Crippen LogP contribution in [0.3, 0.4) is 0 Å². The second-order valence-electron chi connectivity index (χ2n) is 5.10. The molecule has 127 valence electrons. The molecule has 0 aliphatic heterocycles. The summed E-state index contributed by atoms with van der Waals surface area (Å²) in [7, 11) is 9.69. The van der Waals surface area contributed by atoms with Gasteiger partial charge in [-0.1, -0.05) is 6.07 Å². The number of benzene rings is 2. The van der Waals surface area contributed by atoms with Crippen molar-refractivity contribution in [3.63, 3.8) is 0 Å². The fourth-order valence-corrected chi connectivity index (χ4v) is 2.73. The minimum atomic E-state index is -0.259. The summed E-state index contributed by atoms with van der Waals surface area (Å²) in [5, 5.41) is 0. The summed E-state index contributed by atoms with van der Waals surface area (Å²) < 4.78 is 26.9. The van der Waals surface area contributed by atoms with Crippen LogP contribution >= 0.6 is 0 Å². The first-order valence-corrected chi connectivity index (χ1v) is 7.82. The normalized spacial score (nSPS) is 11.7. The van der Waals surface area contributed by atoms with Gasteiger partial charge >= 0.3 is 0 Å². The monoisotopic (exact) mass is 345 g/mol. The Balaban J connectivity index is 2.33. The van der Waals surface area contributed by atoms with Crippen molar-refractivity contribution in [2.24, 2.45) is 0 Å². The molecule has 0 heterocycles.